The van der Waals surface area contributed by atoms with Gasteiger partial charge in [0.25, 0.3) is 0 Å². The maximum Gasteiger partial charge on any atom is 0.413 e. The molecule has 2 aromatic rings. The predicted molar refractivity (Wildman–Crippen MR) is 95.2 cm³/mol. The number of carbonyl (C=O) groups excluding carboxylic acids is 1. The Balaban J connectivity index is 2.49. The standard InChI is InChI=1S/C19H25NO4/c1-6-22-16-12-15(24-18(21)20-19(3,4)5)13-10-8-9-11-14(13)17(16)23-7-2/h8-12H,6-7H2,1-5H3,(H,20,21). The summed E-state index contributed by atoms with van der Waals surface area (Å²) in [6, 6.07) is 9.34. The largest absolute Gasteiger partial charge is 0.490 e. The highest BCUT2D eigenvalue weighted by molar-refractivity contribution is 5.96. The fourth-order valence-electron chi connectivity index (χ4n) is 2.36. The van der Waals surface area contributed by atoms with Crippen LogP contribution in [0.2, 0.25) is 0 Å². The Labute approximate surface area is 142 Å². The van der Waals surface area contributed by atoms with Crippen LogP contribution in [-0.2, 0) is 0 Å². The van der Waals surface area contributed by atoms with Crippen molar-refractivity contribution in [3.63, 3.8) is 0 Å². The lowest BCUT2D eigenvalue weighted by atomic mass is 10.1. The summed E-state index contributed by atoms with van der Waals surface area (Å²) in [6.07, 6.45) is -0.501. The summed E-state index contributed by atoms with van der Waals surface area (Å²) < 4.78 is 17.0. The Morgan fingerprint density at radius 2 is 1.62 bits per heavy atom. The van der Waals surface area contributed by atoms with E-state index in [9.17, 15) is 4.79 Å². The summed E-state index contributed by atoms with van der Waals surface area (Å²) in [5, 5.41) is 4.44. The smallest absolute Gasteiger partial charge is 0.413 e. The fraction of sp³-hybridized carbons (Fsp3) is 0.421. The summed E-state index contributed by atoms with van der Waals surface area (Å²) in [5.41, 5.74) is -0.374. The second-order valence-corrected chi connectivity index (χ2v) is 6.38. The van der Waals surface area contributed by atoms with Crippen LogP contribution >= 0.6 is 0 Å². The number of hydrogen-bond donors (Lipinski definition) is 1. The van der Waals surface area contributed by atoms with Crippen molar-refractivity contribution >= 4 is 16.9 Å². The van der Waals surface area contributed by atoms with Crippen LogP contribution < -0.4 is 19.5 Å². The molecule has 0 aliphatic heterocycles. The summed E-state index contributed by atoms with van der Waals surface area (Å²) in [6.45, 7) is 10.5. The first-order valence-corrected chi connectivity index (χ1v) is 8.17. The second kappa shape index (κ2) is 7.43. The van der Waals surface area contributed by atoms with E-state index >= 15 is 0 Å². The molecule has 24 heavy (non-hydrogen) atoms. The van der Waals surface area contributed by atoms with Crippen molar-refractivity contribution in [1.82, 2.24) is 5.32 Å². The minimum Gasteiger partial charge on any atom is -0.490 e. The van der Waals surface area contributed by atoms with Crippen molar-refractivity contribution < 1.29 is 19.0 Å². The quantitative estimate of drug-likeness (QED) is 0.875. The highest BCUT2D eigenvalue weighted by Crippen LogP contribution is 2.41. The Kier molecular flexibility index (Phi) is 5.54. The zero-order valence-electron chi connectivity index (χ0n) is 14.9. The number of hydrogen-bond acceptors (Lipinski definition) is 4. The average molecular weight is 331 g/mol. The monoisotopic (exact) mass is 331 g/mol. The molecule has 2 rings (SSSR count). The van der Waals surface area contributed by atoms with Gasteiger partial charge in [-0.05, 0) is 34.6 Å². The molecule has 0 heterocycles. The molecule has 0 bridgehead atoms. The molecule has 0 aromatic heterocycles. The van der Waals surface area contributed by atoms with Crippen molar-refractivity contribution in [2.45, 2.75) is 40.2 Å². The number of benzene rings is 2. The molecule has 0 spiro atoms. The summed E-state index contributed by atoms with van der Waals surface area (Å²) >= 11 is 0. The second-order valence-electron chi connectivity index (χ2n) is 6.38. The van der Waals surface area contributed by atoms with E-state index in [1.165, 1.54) is 0 Å². The van der Waals surface area contributed by atoms with Crippen LogP contribution in [0.3, 0.4) is 0 Å². The number of fused-ring (bicyclic) bond motifs is 1. The van der Waals surface area contributed by atoms with Crippen molar-refractivity contribution in [3.8, 4) is 17.2 Å². The Bertz CT molecular complexity index is 719. The summed E-state index contributed by atoms with van der Waals surface area (Å²) in [5.74, 6) is 1.68. The highest BCUT2D eigenvalue weighted by atomic mass is 16.6. The molecule has 0 aliphatic rings. The van der Waals surface area contributed by atoms with Gasteiger partial charge in [0.15, 0.2) is 11.5 Å². The molecule has 0 saturated carbocycles. The minimum absolute atomic E-state index is 0.374. The van der Waals surface area contributed by atoms with Crippen LogP contribution in [0, 0.1) is 0 Å². The number of nitrogens with one attached hydrogen (secondary N) is 1. The molecule has 5 heteroatoms. The van der Waals surface area contributed by atoms with Crippen LogP contribution in [0.4, 0.5) is 4.79 Å². The summed E-state index contributed by atoms with van der Waals surface area (Å²) in [7, 11) is 0. The van der Waals surface area contributed by atoms with Gasteiger partial charge < -0.3 is 19.5 Å². The molecule has 1 N–H and O–H groups in total. The highest BCUT2D eigenvalue weighted by Gasteiger charge is 2.19. The van der Waals surface area contributed by atoms with Gasteiger partial charge in [-0.1, -0.05) is 24.3 Å². The van der Waals surface area contributed by atoms with Gasteiger partial charge in [-0.25, -0.2) is 4.79 Å². The molecule has 0 atom stereocenters. The zero-order chi connectivity index (χ0) is 17.7. The Morgan fingerprint density at radius 1 is 1.00 bits per heavy atom. The lowest BCUT2D eigenvalue weighted by Crippen LogP contribution is -2.42. The normalized spacial score (nSPS) is 11.2. The van der Waals surface area contributed by atoms with Gasteiger partial charge in [-0.15, -0.1) is 0 Å². The topological polar surface area (TPSA) is 56.8 Å². The Morgan fingerprint density at radius 3 is 2.21 bits per heavy atom. The third-order valence-corrected chi connectivity index (χ3v) is 3.19. The van der Waals surface area contributed by atoms with E-state index in [1.54, 1.807) is 6.07 Å². The first-order valence-electron chi connectivity index (χ1n) is 8.17. The number of amides is 1. The molecule has 2 aromatic carbocycles. The predicted octanol–water partition coefficient (Wildman–Crippen LogP) is 4.52. The first kappa shape index (κ1) is 17.9. The molecular weight excluding hydrogens is 306 g/mol. The van der Waals surface area contributed by atoms with Gasteiger partial charge in [-0.2, -0.15) is 0 Å². The fourth-order valence-corrected chi connectivity index (χ4v) is 2.36. The molecule has 1 amide bonds. The van der Waals surface area contributed by atoms with Crippen LogP contribution in [0.15, 0.2) is 30.3 Å². The van der Waals surface area contributed by atoms with Gasteiger partial charge in [0.2, 0.25) is 0 Å². The SMILES string of the molecule is CCOc1cc(OC(=O)NC(C)(C)C)c2ccccc2c1OCC. The molecular formula is C19H25NO4. The van der Waals surface area contributed by atoms with Crippen LogP contribution in [0.5, 0.6) is 17.2 Å². The maximum atomic E-state index is 12.1. The van der Waals surface area contributed by atoms with Gasteiger partial charge in [0.05, 0.1) is 13.2 Å². The molecule has 130 valence electrons. The first-order chi connectivity index (χ1) is 11.4. The minimum atomic E-state index is -0.501. The van der Waals surface area contributed by atoms with Gasteiger partial charge >= 0.3 is 6.09 Å². The maximum absolute atomic E-state index is 12.1. The van der Waals surface area contributed by atoms with Gasteiger partial charge in [0.1, 0.15) is 5.75 Å². The Hall–Kier alpha value is -2.43. The van der Waals surface area contributed by atoms with E-state index in [1.807, 2.05) is 58.9 Å². The van der Waals surface area contributed by atoms with Crippen molar-refractivity contribution in [3.05, 3.63) is 30.3 Å². The molecule has 0 radical (unpaired) electrons. The van der Waals surface area contributed by atoms with Crippen LogP contribution in [0.25, 0.3) is 10.8 Å². The van der Waals surface area contributed by atoms with E-state index in [4.69, 9.17) is 14.2 Å². The van der Waals surface area contributed by atoms with Crippen molar-refractivity contribution in [1.29, 1.82) is 0 Å². The number of carbonyl (C=O) groups is 1. The lowest BCUT2D eigenvalue weighted by Gasteiger charge is -2.21. The molecule has 5 nitrogen and oxygen atoms in total. The van der Waals surface area contributed by atoms with E-state index < -0.39 is 6.09 Å². The average Bonchev–Trinajstić information content (AvgIpc) is 2.49. The number of rotatable bonds is 5. The van der Waals surface area contributed by atoms with Crippen LogP contribution in [0.1, 0.15) is 34.6 Å². The third-order valence-electron chi connectivity index (χ3n) is 3.19. The van der Waals surface area contributed by atoms with E-state index in [-0.39, 0.29) is 5.54 Å². The third kappa shape index (κ3) is 4.31. The van der Waals surface area contributed by atoms with Gasteiger partial charge in [0, 0.05) is 22.4 Å². The van der Waals surface area contributed by atoms with E-state index in [0.29, 0.717) is 30.5 Å². The lowest BCUT2D eigenvalue weighted by molar-refractivity contribution is 0.191. The van der Waals surface area contributed by atoms with Gasteiger partial charge in [-0.3, -0.25) is 0 Å². The van der Waals surface area contributed by atoms with E-state index in [2.05, 4.69) is 5.32 Å². The van der Waals surface area contributed by atoms with Crippen molar-refractivity contribution in [2.75, 3.05) is 13.2 Å². The van der Waals surface area contributed by atoms with Crippen LogP contribution in [-0.4, -0.2) is 24.8 Å². The van der Waals surface area contributed by atoms with Crippen molar-refractivity contribution in [2.24, 2.45) is 0 Å². The molecule has 0 aliphatic carbocycles. The molecule has 0 saturated heterocycles. The molecule has 0 fully saturated rings. The van der Waals surface area contributed by atoms with E-state index in [0.717, 1.165) is 10.8 Å². The zero-order valence-corrected chi connectivity index (χ0v) is 14.9. The number of ether oxygens (including phenoxy) is 3. The summed E-state index contributed by atoms with van der Waals surface area (Å²) in [4.78, 5) is 12.1. The molecule has 0 unspecified atom stereocenters.